The van der Waals surface area contributed by atoms with Gasteiger partial charge in [0.05, 0.1) is 7.11 Å². The maximum Gasteiger partial charge on any atom is 0.331 e. The molecule has 4 nitrogen and oxygen atoms in total. The Hall–Kier alpha value is -1.03. The molecule has 0 aromatic carbocycles. The van der Waals surface area contributed by atoms with Gasteiger partial charge in [0.1, 0.15) is 0 Å². The van der Waals surface area contributed by atoms with Gasteiger partial charge in [-0.15, -0.1) is 0 Å². The molecule has 0 radical (unpaired) electrons. The number of hydrogen-bond acceptors (Lipinski definition) is 4. The van der Waals surface area contributed by atoms with Crippen LogP contribution in [0, 0.1) is 5.41 Å². The van der Waals surface area contributed by atoms with E-state index < -0.39 is 0 Å². The fourth-order valence-corrected chi connectivity index (χ4v) is 1.48. The molecule has 15 heavy (non-hydrogen) atoms. The van der Waals surface area contributed by atoms with Gasteiger partial charge in [0.15, 0.2) is 0 Å². The number of methoxy groups -OCH3 is 2. The number of nitrogens with one attached hydrogen (secondary N) is 1. The first kappa shape index (κ1) is 12.0. The van der Waals surface area contributed by atoms with Crippen LogP contribution in [0.25, 0.3) is 0 Å². The highest BCUT2D eigenvalue weighted by atomic mass is 16.5. The van der Waals surface area contributed by atoms with Gasteiger partial charge in [-0.3, -0.25) is 0 Å². The highest BCUT2D eigenvalue weighted by Crippen LogP contribution is 2.48. The molecule has 1 aliphatic carbocycles. The number of carbonyl (C=O) groups excluding carboxylic acids is 1. The molecule has 0 aromatic rings. The highest BCUT2D eigenvalue weighted by Gasteiger charge is 2.41. The van der Waals surface area contributed by atoms with Gasteiger partial charge in [-0.25, -0.2) is 4.79 Å². The molecule has 0 bridgehead atoms. The van der Waals surface area contributed by atoms with Crippen molar-refractivity contribution >= 4 is 5.97 Å². The van der Waals surface area contributed by atoms with Crippen molar-refractivity contribution in [1.82, 2.24) is 5.32 Å². The molecule has 1 rings (SSSR count). The molecule has 1 fully saturated rings. The van der Waals surface area contributed by atoms with Crippen LogP contribution >= 0.6 is 0 Å². The van der Waals surface area contributed by atoms with Crippen LogP contribution in [-0.4, -0.2) is 33.3 Å². The van der Waals surface area contributed by atoms with Crippen molar-refractivity contribution in [1.29, 1.82) is 0 Å². The molecule has 1 aliphatic rings. The maximum absolute atomic E-state index is 10.8. The van der Waals surface area contributed by atoms with Crippen LogP contribution in [0.15, 0.2) is 12.3 Å². The first-order valence-electron chi connectivity index (χ1n) is 5.19. The molecule has 1 saturated carbocycles. The molecular formula is C11H19NO3. The molecule has 0 atom stereocenters. The minimum absolute atomic E-state index is 0.329. The fraction of sp³-hybridized carbons (Fsp3) is 0.727. The van der Waals surface area contributed by atoms with E-state index in [1.807, 2.05) is 0 Å². The summed E-state index contributed by atoms with van der Waals surface area (Å²) in [5, 5.41) is 3.13. The summed E-state index contributed by atoms with van der Waals surface area (Å²) >= 11 is 0. The van der Waals surface area contributed by atoms with E-state index in [1.165, 1.54) is 26.0 Å². The zero-order valence-electron chi connectivity index (χ0n) is 9.41. The van der Waals surface area contributed by atoms with Gasteiger partial charge >= 0.3 is 5.97 Å². The maximum atomic E-state index is 10.8. The lowest BCUT2D eigenvalue weighted by atomic mass is 10.0. The van der Waals surface area contributed by atoms with Crippen LogP contribution in [0.5, 0.6) is 0 Å². The Balaban J connectivity index is 2.14. The lowest BCUT2D eigenvalue weighted by Crippen LogP contribution is -2.21. The van der Waals surface area contributed by atoms with Crippen molar-refractivity contribution in [2.45, 2.75) is 19.3 Å². The Morgan fingerprint density at radius 1 is 1.47 bits per heavy atom. The van der Waals surface area contributed by atoms with Crippen molar-refractivity contribution in [3.63, 3.8) is 0 Å². The monoisotopic (exact) mass is 213 g/mol. The predicted octanol–water partition coefficient (Wildman–Crippen LogP) is 1.08. The average Bonchev–Trinajstić information content (AvgIpc) is 3.02. The SMILES string of the molecule is COCCC1(CN/C=C/C(=O)OC)CC1. The van der Waals surface area contributed by atoms with Crippen LogP contribution < -0.4 is 5.32 Å². The second kappa shape index (κ2) is 5.75. The van der Waals surface area contributed by atoms with Crippen molar-refractivity contribution in [2.24, 2.45) is 5.41 Å². The van der Waals surface area contributed by atoms with Crippen LogP contribution in [0.2, 0.25) is 0 Å². The van der Waals surface area contributed by atoms with E-state index >= 15 is 0 Å². The molecule has 0 aromatic heterocycles. The molecule has 0 heterocycles. The molecule has 0 saturated heterocycles. The van der Waals surface area contributed by atoms with Crippen LogP contribution in [0.1, 0.15) is 19.3 Å². The number of carbonyl (C=O) groups is 1. The van der Waals surface area contributed by atoms with Crippen molar-refractivity contribution in [2.75, 3.05) is 27.4 Å². The fourth-order valence-electron chi connectivity index (χ4n) is 1.48. The Kier molecular flexibility index (Phi) is 4.62. The van der Waals surface area contributed by atoms with Gasteiger partial charge in [-0.1, -0.05) is 0 Å². The molecule has 0 unspecified atom stereocenters. The first-order valence-corrected chi connectivity index (χ1v) is 5.19. The number of hydrogen-bond donors (Lipinski definition) is 1. The summed E-state index contributed by atoms with van der Waals surface area (Å²) < 4.78 is 9.54. The molecule has 0 aliphatic heterocycles. The molecule has 86 valence electrons. The third-order valence-corrected chi connectivity index (χ3v) is 2.81. The third kappa shape index (κ3) is 4.34. The number of ether oxygens (including phenoxy) is 2. The van der Waals surface area contributed by atoms with E-state index in [4.69, 9.17) is 4.74 Å². The molecule has 0 amide bonds. The largest absolute Gasteiger partial charge is 0.466 e. The van der Waals surface area contributed by atoms with Crippen molar-refractivity contribution in [3.05, 3.63) is 12.3 Å². The normalized spacial score (nSPS) is 17.7. The second-order valence-electron chi connectivity index (χ2n) is 3.98. The summed E-state index contributed by atoms with van der Waals surface area (Å²) in [7, 11) is 3.09. The van der Waals surface area contributed by atoms with Gasteiger partial charge in [0, 0.05) is 32.5 Å². The van der Waals surface area contributed by atoms with Crippen LogP contribution in [0.3, 0.4) is 0 Å². The van der Waals surface area contributed by atoms with E-state index in [9.17, 15) is 4.79 Å². The van der Waals surface area contributed by atoms with E-state index in [1.54, 1.807) is 13.3 Å². The predicted molar refractivity (Wildman–Crippen MR) is 57.3 cm³/mol. The van der Waals surface area contributed by atoms with E-state index in [0.29, 0.717) is 5.41 Å². The minimum atomic E-state index is -0.329. The average molecular weight is 213 g/mol. The third-order valence-electron chi connectivity index (χ3n) is 2.81. The van der Waals surface area contributed by atoms with Gasteiger partial charge in [0.2, 0.25) is 0 Å². The zero-order chi connectivity index (χ0) is 11.1. The topological polar surface area (TPSA) is 47.6 Å². The minimum Gasteiger partial charge on any atom is -0.466 e. The lowest BCUT2D eigenvalue weighted by molar-refractivity contribution is -0.134. The highest BCUT2D eigenvalue weighted by molar-refractivity contribution is 5.81. The smallest absolute Gasteiger partial charge is 0.331 e. The van der Waals surface area contributed by atoms with Gasteiger partial charge in [-0.05, 0) is 24.7 Å². The van der Waals surface area contributed by atoms with Crippen LogP contribution in [-0.2, 0) is 14.3 Å². The summed E-state index contributed by atoms with van der Waals surface area (Å²) in [6.07, 6.45) is 6.62. The first-order chi connectivity index (χ1) is 7.22. The lowest BCUT2D eigenvalue weighted by Gasteiger charge is -2.13. The Morgan fingerprint density at radius 2 is 2.20 bits per heavy atom. The Labute approximate surface area is 90.6 Å². The van der Waals surface area contributed by atoms with Crippen molar-refractivity contribution < 1.29 is 14.3 Å². The molecule has 4 heteroatoms. The summed E-state index contributed by atoms with van der Waals surface area (Å²) in [5.41, 5.74) is 0.399. The van der Waals surface area contributed by atoms with E-state index in [2.05, 4.69) is 10.1 Å². The Bertz CT molecular complexity index is 234. The molecular weight excluding hydrogens is 194 g/mol. The second-order valence-corrected chi connectivity index (χ2v) is 3.98. The van der Waals surface area contributed by atoms with Gasteiger partial charge < -0.3 is 14.8 Å². The van der Waals surface area contributed by atoms with E-state index in [-0.39, 0.29) is 5.97 Å². The van der Waals surface area contributed by atoms with E-state index in [0.717, 1.165) is 19.6 Å². The summed E-state index contributed by atoms with van der Waals surface area (Å²) in [6.45, 7) is 1.71. The summed E-state index contributed by atoms with van der Waals surface area (Å²) in [6, 6.07) is 0. The Morgan fingerprint density at radius 3 is 2.73 bits per heavy atom. The zero-order valence-corrected chi connectivity index (χ0v) is 9.41. The molecule has 1 N–H and O–H groups in total. The molecule has 0 spiro atoms. The summed E-state index contributed by atoms with van der Waals surface area (Å²) in [5.74, 6) is -0.329. The van der Waals surface area contributed by atoms with Crippen molar-refractivity contribution in [3.8, 4) is 0 Å². The summed E-state index contributed by atoms with van der Waals surface area (Å²) in [4.78, 5) is 10.8. The number of esters is 1. The standard InChI is InChI=1S/C11H19NO3/c1-14-8-6-11(4-5-11)9-12-7-3-10(13)15-2/h3,7,12H,4-6,8-9H2,1-2H3/b7-3+. The van der Waals surface area contributed by atoms with Gasteiger partial charge in [-0.2, -0.15) is 0 Å². The van der Waals surface area contributed by atoms with Crippen LogP contribution in [0.4, 0.5) is 0 Å². The quantitative estimate of drug-likeness (QED) is 0.508. The van der Waals surface area contributed by atoms with Gasteiger partial charge in [0.25, 0.3) is 0 Å². The number of rotatable bonds is 7.